The summed E-state index contributed by atoms with van der Waals surface area (Å²) in [5, 5.41) is 22.8. The predicted molar refractivity (Wildman–Crippen MR) is 100 cm³/mol. The van der Waals surface area contributed by atoms with Crippen LogP contribution in [0.1, 0.15) is 52.7 Å². The van der Waals surface area contributed by atoms with Gasteiger partial charge in [0.25, 0.3) is 0 Å². The standard InChI is InChI=1S/C20H24O2S/c1-19(2,3)13-9-17-11(7-15(13)21)12-8-16(22)14(20(4,5)6)10-18(12)23-17/h7-10,21-22H,1-6H3. The minimum atomic E-state index is -0.104. The third-order valence-electron chi connectivity index (χ3n) is 4.32. The number of hydrogen-bond acceptors (Lipinski definition) is 3. The number of thiophene rings is 1. The zero-order valence-electron chi connectivity index (χ0n) is 14.6. The summed E-state index contributed by atoms with van der Waals surface area (Å²) in [6.07, 6.45) is 0. The van der Waals surface area contributed by atoms with Gasteiger partial charge in [-0.15, -0.1) is 11.3 Å². The van der Waals surface area contributed by atoms with Crippen LogP contribution in [0.5, 0.6) is 11.5 Å². The molecule has 0 atom stereocenters. The third kappa shape index (κ3) is 2.67. The van der Waals surface area contributed by atoms with Crippen LogP contribution in [0, 0.1) is 0 Å². The molecule has 3 heteroatoms. The fraction of sp³-hybridized carbons (Fsp3) is 0.400. The average Bonchev–Trinajstić information content (AvgIpc) is 2.72. The van der Waals surface area contributed by atoms with Crippen molar-refractivity contribution in [1.82, 2.24) is 0 Å². The van der Waals surface area contributed by atoms with E-state index in [1.165, 1.54) is 0 Å². The van der Waals surface area contributed by atoms with E-state index in [1.54, 1.807) is 11.3 Å². The smallest absolute Gasteiger partial charge is 0.120 e. The van der Waals surface area contributed by atoms with Crippen LogP contribution in [-0.4, -0.2) is 10.2 Å². The van der Waals surface area contributed by atoms with Gasteiger partial charge in [0, 0.05) is 31.3 Å². The summed E-state index contributed by atoms with van der Waals surface area (Å²) < 4.78 is 2.29. The van der Waals surface area contributed by atoms with Crippen molar-refractivity contribution < 1.29 is 10.2 Å². The Bertz CT molecular complexity index is 831. The highest BCUT2D eigenvalue weighted by Crippen LogP contribution is 2.44. The molecular weight excluding hydrogens is 304 g/mol. The van der Waals surface area contributed by atoms with Crippen LogP contribution >= 0.6 is 11.3 Å². The zero-order valence-corrected chi connectivity index (χ0v) is 15.4. The Morgan fingerprint density at radius 1 is 0.652 bits per heavy atom. The van der Waals surface area contributed by atoms with Crippen molar-refractivity contribution >= 4 is 31.5 Å². The van der Waals surface area contributed by atoms with Gasteiger partial charge in [-0.3, -0.25) is 0 Å². The SMILES string of the molecule is CC(C)(C)c1cc2sc3cc(C(C)(C)C)c(O)cc3c2cc1O. The van der Waals surface area contributed by atoms with Crippen LogP contribution < -0.4 is 0 Å². The summed E-state index contributed by atoms with van der Waals surface area (Å²) in [6, 6.07) is 7.85. The fourth-order valence-corrected chi connectivity index (χ4v) is 4.19. The van der Waals surface area contributed by atoms with Crippen molar-refractivity contribution in [2.75, 3.05) is 0 Å². The Labute approximate surface area is 141 Å². The Kier molecular flexibility index (Phi) is 3.42. The van der Waals surface area contributed by atoms with E-state index in [4.69, 9.17) is 0 Å². The molecule has 0 aliphatic rings. The maximum Gasteiger partial charge on any atom is 0.120 e. The van der Waals surface area contributed by atoms with Crippen molar-refractivity contribution in [1.29, 1.82) is 0 Å². The highest BCUT2D eigenvalue weighted by molar-refractivity contribution is 7.25. The van der Waals surface area contributed by atoms with Crippen LogP contribution in [0.3, 0.4) is 0 Å². The number of fused-ring (bicyclic) bond motifs is 3. The first kappa shape index (κ1) is 16.1. The number of phenols is 2. The van der Waals surface area contributed by atoms with Gasteiger partial charge < -0.3 is 10.2 Å². The Hall–Kier alpha value is -1.74. The summed E-state index contributed by atoms with van der Waals surface area (Å²) in [5.74, 6) is 0.646. The van der Waals surface area contributed by atoms with Crippen molar-refractivity contribution in [3.8, 4) is 11.5 Å². The van der Waals surface area contributed by atoms with Gasteiger partial charge in [0.05, 0.1) is 0 Å². The summed E-state index contributed by atoms with van der Waals surface area (Å²) >= 11 is 1.72. The van der Waals surface area contributed by atoms with Gasteiger partial charge in [0.15, 0.2) is 0 Å². The summed E-state index contributed by atoms with van der Waals surface area (Å²) in [5.41, 5.74) is 1.70. The lowest BCUT2D eigenvalue weighted by atomic mass is 9.85. The van der Waals surface area contributed by atoms with Crippen LogP contribution in [0.4, 0.5) is 0 Å². The van der Waals surface area contributed by atoms with E-state index >= 15 is 0 Å². The zero-order chi connectivity index (χ0) is 17.2. The van der Waals surface area contributed by atoms with E-state index in [2.05, 4.69) is 53.7 Å². The largest absolute Gasteiger partial charge is 0.508 e. The summed E-state index contributed by atoms with van der Waals surface area (Å²) in [7, 11) is 0. The van der Waals surface area contributed by atoms with Crippen molar-refractivity contribution in [3.05, 3.63) is 35.4 Å². The molecule has 0 spiro atoms. The maximum absolute atomic E-state index is 10.4. The molecule has 2 nitrogen and oxygen atoms in total. The average molecular weight is 328 g/mol. The second-order valence-corrected chi connectivity index (χ2v) is 9.42. The molecule has 1 heterocycles. The maximum atomic E-state index is 10.4. The van der Waals surface area contributed by atoms with Gasteiger partial charge in [-0.2, -0.15) is 0 Å². The lowest BCUT2D eigenvalue weighted by molar-refractivity contribution is 0.446. The minimum Gasteiger partial charge on any atom is -0.508 e. The summed E-state index contributed by atoms with van der Waals surface area (Å²) in [4.78, 5) is 0. The van der Waals surface area contributed by atoms with Crippen LogP contribution in [0.2, 0.25) is 0 Å². The van der Waals surface area contributed by atoms with E-state index in [1.807, 2.05) is 12.1 Å². The first-order valence-electron chi connectivity index (χ1n) is 7.91. The quantitative estimate of drug-likeness (QED) is 0.526. The molecule has 0 saturated carbocycles. The second-order valence-electron chi connectivity index (χ2n) is 8.33. The summed E-state index contributed by atoms with van der Waals surface area (Å²) in [6.45, 7) is 12.6. The lowest BCUT2D eigenvalue weighted by Gasteiger charge is -2.20. The minimum absolute atomic E-state index is 0.104. The van der Waals surface area contributed by atoms with Crippen LogP contribution in [0.25, 0.3) is 20.2 Å². The predicted octanol–water partition coefficient (Wildman–Crippen LogP) is 6.06. The third-order valence-corrected chi connectivity index (χ3v) is 5.44. The van der Waals surface area contributed by atoms with Gasteiger partial charge in [-0.1, -0.05) is 41.5 Å². The molecule has 23 heavy (non-hydrogen) atoms. The second kappa shape index (κ2) is 4.88. The van der Waals surface area contributed by atoms with Gasteiger partial charge in [0.2, 0.25) is 0 Å². The fourth-order valence-electron chi connectivity index (χ4n) is 3.05. The number of hydrogen-bond donors (Lipinski definition) is 2. The molecule has 2 aromatic carbocycles. The molecule has 3 aromatic rings. The highest BCUT2D eigenvalue weighted by Gasteiger charge is 2.22. The Morgan fingerprint density at radius 2 is 1.00 bits per heavy atom. The number of benzene rings is 2. The molecule has 0 unspecified atom stereocenters. The van der Waals surface area contributed by atoms with Gasteiger partial charge in [-0.05, 0) is 35.1 Å². The lowest BCUT2D eigenvalue weighted by Crippen LogP contribution is -2.11. The molecule has 0 fully saturated rings. The molecule has 0 radical (unpaired) electrons. The normalized spacial score (nSPS) is 13.1. The van der Waals surface area contributed by atoms with E-state index in [0.717, 1.165) is 31.3 Å². The number of aromatic hydroxyl groups is 2. The monoisotopic (exact) mass is 328 g/mol. The number of phenolic OH excluding ortho intramolecular Hbond substituents is 2. The first-order valence-corrected chi connectivity index (χ1v) is 8.73. The van der Waals surface area contributed by atoms with E-state index in [-0.39, 0.29) is 10.8 Å². The first-order chi connectivity index (χ1) is 10.5. The number of rotatable bonds is 0. The highest BCUT2D eigenvalue weighted by atomic mass is 32.1. The molecule has 0 aliphatic heterocycles. The molecule has 2 N–H and O–H groups in total. The van der Waals surface area contributed by atoms with E-state index in [9.17, 15) is 10.2 Å². The molecule has 0 bridgehead atoms. The molecule has 1 aromatic heterocycles. The van der Waals surface area contributed by atoms with E-state index < -0.39 is 0 Å². The van der Waals surface area contributed by atoms with Crippen LogP contribution in [0.15, 0.2) is 24.3 Å². The van der Waals surface area contributed by atoms with Gasteiger partial charge >= 0.3 is 0 Å². The van der Waals surface area contributed by atoms with Crippen LogP contribution in [-0.2, 0) is 10.8 Å². The van der Waals surface area contributed by atoms with E-state index in [0.29, 0.717) is 11.5 Å². The molecule has 0 amide bonds. The molecule has 3 rings (SSSR count). The van der Waals surface area contributed by atoms with Crippen molar-refractivity contribution in [3.63, 3.8) is 0 Å². The van der Waals surface area contributed by atoms with Gasteiger partial charge in [0.1, 0.15) is 11.5 Å². The molecule has 122 valence electrons. The topological polar surface area (TPSA) is 40.5 Å². The Balaban J connectivity index is 2.35. The van der Waals surface area contributed by atoms with Crippen molar-refractivity contribution in [2.24, 2.45) is 0 Å². The molecular formula is C20H24O2S. The van der Waals surface area contributed by atoms with Gasteiger partial charge in [-0.25, -0.2) is 0 Å². The molecule has 0 aliphatic carbocycles. The van der Waals surface area contributed by atoms with Crippen molar-refractivity contribution in [2.45, 2.75) is 52.4 Å². The molecule has 0 saturated heterocycles. The Morgan fingerprint density at radius 3 is 1.30 bits per heavy atom.